The Labute approximate surface area is 143 Å². The number of hydrogen-bond donors (Lipinski definition) is 3. The molecule has 0 unspecified atom stereocenters. The molecule has 0 saturated carbocycles. The lowest BCUT2D eigenvalue weighted by atomic mass is 10.0. The summed E-state index contributed by atoms with van der Waals surface area (Å²) in [5.74, 6) is -0.237. The molecule has 2 atom stereocenters. The first kappa shape index (κ1) is 19.2. The third kappa shape index (κ3) is 6.40. The maximum atomic E-state index is 12.2. The number of benzene rings is 2. The number of aliphatic hydroxyl groups is 1. The van der Waals surface area contributed by atoms with Crippen LogP contribution in [-0.2, 0) is 17.6 Å². The number of nitrogens with two attached hydrogens (primary N) is 1. The Morgan fingerprint density at radius 1 is 0.957 bits per heavy atom. The molecule has 2 aromatic carbocycles. The minimum atomic E-state index is -0.618. The van der Waals surface area contributed by atoms with Gasteiger partial charge in [0, 0.05) is 0 Å². The lowest BCUT2D eigenvalue weighted by Gasteiger charge is -2.19. The molecule has 1 amide bonds. The van der Waals surface area contributed by atoms with E-state index in [0.717, 1.165) is 11.1 Å². The molecule has 23 heavy (non-hydrogen) atoms. The molecule has 2 aromatic rings. The van der Waals surface area contributed by atoms with Gasteiger partial charge in [-0.25, -0.2) is 0 Å². The number of amides is 1. The molecule has 0 aliphatic heterocycles. The minimum Gasteiger partial charge on any atom is -0.394 e. The molecule has 0 aliphatic carbocycles. The first-order valence-corrected chi connectivity index (χ1v) is 7.43. The van der Waals surface area contributed by atoms with Crippen molar-refractivity contribution in [2.24, 2.45) is 5.73 Å². The van der Waals surface area contributed by atoms with E-state index >= 15 is 0 Å². The highest BCUT2D eigenvalue weighted by molar-refractivity contribution is 5.85. The van der Waals surface area contributed by atoms with E-state index in [1.54, 1.807) is 0 Å². The molecule has 0 saturated heterocycles. The van der Waals surface area contributed by atoms with Crippen molar-refractivity contribution in [3.8, 4) is 0 Å². The largest absolute Gasteiger partial charge is 0.394 e. The Balaban J connectivity index is 0.00000264. The Hall–Kier alpha value is -1.88. The van der Waals surface area contributed by atoms with Crippen LogP contribution in [0.5, 0.6) is 0 Å². The molecule has 4 N–H and O–H groups in total. The maximum Gasteiger partial charge on any atom is 0.237 e. The normalized spacial score (nSPS) is 12.8. The average molecular weight is 335 g/mol. The van der Waals surface area contributed by atoms with Crippen LogP contribution in [0, 0.1) is 0 Å². The Bertz CT molecular complexity index is 578. The van der Waals surface area contributed by atoms with Gasteiger partial charge in [0.05, 0.1) is 18.7 Å². The molecule has 0 spiro atoms. The quantitative estimate of drug-likeness (QED) is 0.721. The highest BCUT2D eigenvalue weighted by atomic mass is 35.5. The van der Waals surface area contributed by atoms with E-state index < -0.39 is 6.04 Å². The highest BCUT2D eigenvalue weighted by Gasteiger charge is 2.18. The van der Waals surface area contributed by atoms with Crippen molar-refractivity contribution in [2.45, 2.75) is 24.9 Å². The second-order valence-electron chi connectivity index (χ2n) is 5.37. The Kier molecular flexibility index (Phi) is 8.33. The van der Waals surface area contributed by atoms with Crippen LogP contribution >= 0.6 is 12.4 Å². The SMILES string of the molecule is Cl.N[C@@H](Cc1ccccc1)C(=O)N[C@H](CO)Cc1ccccc1. The van der Waals surface area contributed by atoms with E-state index in [1.165, 1.54) is 0 Å². The molecule has 0 aromatic heterocycles. The summed E-state index contributed by atoms with van der Waals surface area (Å²) in [5.41, 5.74) is 8.04. The molecule has 2 rings (SSSR count). The van der Waals surface area contributed by atoms with Crippen LogP contribution in [0.25, 0.3) is 0 Å². The fourth-order valence-electron chi connectivity index (χ4n) is 2.33. The van der Waals surface area contributed by atoms with Crippen molar-refractivity contribution in [3.05, 3.63) is 71.8 Å². The van der Waals surface area contributed by atoms with Gasteiger partial charge in [-0.1, -0.05) is 60.7 Å². The summed E-state index contributed by atoms with van der Waals surface area (Å²) < 4.78 is 0. The van der Waals surface area contributed by atoms with E-state index in [4.69, 9.17) is 5.73 Å². The van der Waals surface area contributed by atoms with Crippen LogP contribution in [0.2, 0.25) is 0 Å². The second-order valence-corrected chi connectivity index (χ2v) is 5.37. The number of nitrogens with one attached hydrogen (secondary N) is 1. The van der Waals surface area contributed by atoms with Crippen LogP contribution < -0.4 is 11.1 Å². The van der Waals surface area contributed by atoms with Crippen LogP contribution in [0.4, 0.5) is 0 Å². The molecule has 0 fully saturated rings. The standard InChI is InChI=1S/C18H22N2O2.ClH/c19-17(12-15-9-5-2-6-10-15)18(22)20-16(13-21)11-14-7-3-1-4-8-14;/h1-10,16-17,21H,11-13,19H2,(H,20,22);1H/t16-,17-;/m0./s1. The van der Waals surface area contributed by atoms with Crippen molar-refractivity contribution < 1.29 is 9.90 Å². The average Bonchev–Trinajstić information content (AvgIpc) is 2.56. The van der Waals surface area contributed by atoms with Crippen LogP contribution in [0.1, 0.15) is 11.1 Å². The van der Waals surface area contributed by atoms with Gasteiger partial charge in [-0.05, 0) is 24.0 Å². The Morgan fingerprint density at radius 2 is 1.43 bits per heavy atom. The lowest BCUT2D eigenvalue weighted by Crippen LogP contribution is -2.48. The van der Waals surface area contributed by atoms with Gasteiger partial charge in [-0.3, -0.25) is 4.79 Å². The zero-order chi connectivity index (χ0) is 15.8. The van der Waals surface area contributed by atoms with E-state index in [1.807, 2.05) is 60.7 Å². The van der Waals surface area contributed by atoms with Crippen molar-refractivity contribution >= 4 is 18.3 Å². The summed E-state index contributed by atoms with van der Waals surface area (Å²) >= 11 is 0. The Morgan fingerprint density at radius 3 is 1.91 bits per heavy atom. The minimum absolute atomic E-state index is 0. The molecular formula is C18H23ClN2O2. The van der Waals surface area contributed by atoms with Gasteiger partial charge in [0.2, 0.25) is 5.91 Å². The smallest absolute Gasteiger partial charge is 0.237 e. The van der Waals surface area contributed by atoms with E-state index in [9.17, 15) is 9.90 Å². The van der Waals surface area contributed by atoms with Crippen LogP contribution in [0.3, 0.4) is 0 Å². The number of carbonyl (C=O) groups is 1. The van der Waals surface area contributed by atoms with Gasteiger partial charge in [-0.15, -0.1) is 12.4 Å². The predicted octanol–water partition coefficient (Wildman–Crippen LogP) is 1.70. The molecule has 0 heterocycles. The molecule has 0 radical (unpaired) electrons. The first-order valence-electron chi connectivity index (χ1n) is 7.43. The summed E-state index contributed by atoms with van der Waals surface area (Å²) in [5, 5.41) is 12.3. The third-order valence-corrected chi connectivity index (χ3v) is 3.53. The van der Waals surface area contributed by atoms with E-state index in [-0.39, 0.29) is 31.0 Å². The topological polar surface area (TPSA) is 75.4 Å². The summed E-state index contributed by atoms with van der Waals surface area (Å²) in [6, 6.07) is 18.5. The van der Waals surface area contributed by atoms with Crippen molar-refractivity contribution in [2.75, 3.05) is 6.61 Å². The van der Waals surface area contributed by atoms with E-state index in [2.05, 4.69) is 5.32 Å². The molecule has 0 bridgehead atoms. The van der Waals surface area contributed by atoms with Crippen LogP contribution in [-0.4, -0.2) is 29.7 Å². The predicted molar refractivity (Wildman–Crippen MR) is 94.5 cm³/mol. The monoisotopic (exact) mass is 334 g/mol. The highest BCUT2D eigenvalue weighted by Crippen LogP contribution is 2.05. The van der Waals surface area contributed by atoms with Gasteiger partial charge in [0.15, 0.2) is 0 Å². The summed E-state index contributed by atoms with van der Waals surface area (Å²) in [6.45, 7) is -0.112. The lowest BCUT2D eigenvalue weighted by molar-refractivity contribution is -0.123. The summed E-state index contributed by atoms with van der Waals surface area (Å²) in [6.07, 6.45) is 1.07. The van der Waals surface area contributed by atoms with Crippen LogP contribution in [0.15, 0.2) is 60.7 Å². The van der Waals surface area contributed by atoms with Gasteiger partial charge in [0.25, 0.3) is 0 Å². The third-order valence-electron chi connectivity index (χ3n) is 3.53. The molecule has 4 nitrogen and oxygen atoms in total. The number of rotatable bonds is 7. The molecule has 124 valence electrons. The second kappa shape index (κ2) is 10.0. The summed E-state index contributed by atoms with van der Waals surface area (Å²) in [4.78, 5) is 12.2. The first-order chi connectivity index (χ1) is 10.7. The maximum absolute atomic E-state index is 12.2. The molecular weight excluding hydrogens is 312 g/mol. The number of carbonyl (C=O) groups excluding carboxylic acids is 1. The fourth-order valence-corrected chi connectivity index (χ4v) is 2.33. The van der Waals surface area contributed by atoms with Gasteiger partial charge < -0.3 is 16.2 Å². The number of aliphatic hydroxyl groups excluding tert-OH is 1. The summed E-state index contributed by atoms with van der Waals surface area (Å²) in [7, 11) is 0. The van der Waals surface area contributed by atoms with Gasteiger partial charge in [-0.2, -0.15) is 0 Å². The van der Waals surface area contributed by atoms with Crippen molar-refractivity contribution in [3.63, 3.8) is 0 Å². The zero-order valence-electron chi connectivity index (χ0n) is 12.9. The number of hydrogen-bond acceptors (Lipinski definition) is 3. The number of halogens is 1. The van der Waals surface area contributed by atoms with Crippen molar-refractivity contribution in [1.29, 1.82) is 0 Å². The van der Waals surface area contributed by atoms with E-state index in [0.29, 0.717) is 12.8 Å². The fraction of sp³-hybridized carbons (Fsp3) is 0.278. The van der Waals surface area contributed by atoms with Crippen molar-refractivity contribution in [1.82, 2.24) is 5.32 Å². The van der Waals surface area contributed by atoms with Gasteiger partial charge >= 0.3 is 0 Å². The molecule has 5 heteroatoms. The molecule has 0 aliphatic rings. The van der Waals surface area contributed by atoms with Gasteiger partial charge in [0.1, 0.15) is 0 Å². The zero-order valence-corrected chi connectivity index (χ0v) is 13.7.